The molecule has 4 nitrogen and oxygen atoms in total. The standard InChI is InChI=1S/C16H13FN2O2/c17-13-7-4-8-14-12(13)9-15(18-14)16(20)19-21-10-11-5-2-1-3-6-11/h1-9,18H,10H2,(H,19,20). The molecular weight excluding hydrogens is 271 g/mol. The third-order valence-corrected chi connectivity index (χ3v) is 3.10. The van der Waals surface area contributed by atoms with E-state index in [1.165, 1.54) is 12.1 Å². The third-order valence-electron chi connectivity index (χ3n) is 3.10. The second-order valence-electron chi connectivity index (χ2n) is 4.59. The number of halogens is 1. The van der Waals surface area contributed by atoms with Crippen LogP contribution in [0.15, 0.2) is 54.6 Å². The summed E-state index contributed by atoms with van der Waals surface area (Å²) in [5.74, 6) is -0.811. The molecule has 0 aliphatic heterocycles. The minimum atomic E-state index is -0.443. The van der Waals surface area contributed by atoms with Gasteiger partial charge in [-0.3, -0.25) is 9.63 Å². The van der Waals surface area contributed by atoms with Crippen LogP contribution in [0.1, 0.15) is 16.1 Å². The van der Waals surface area contributed by atoms with Gasteiger partial charge >= 0.3 is 0 Å². The fraction of sp³-hybridized carbons (Fsp3) is 0.0625. The van der Waals surface area contributed by atoms with E-state index in [-0.39, 0.29) is 18.1 Å². The molecule has 2 N–H and O–H groups in total. The molecule has 0 radical (unpaired) electrons. The monoisotopic (exact) mass is 284 g/mol. The molecule has 1 amide bonds. The van der Waals surface area contributed by atoms with Crippen molar-refractivity contribution in [3.05, 3.63) is 71.7 Å². The first kappa shape index (κ1) is 13.3. The van der Waals surface area contributed by atoms with Crippen LogP contribution < -0.4 is 5.48 Å². The Balaban J connectivity index is 1.65. The van der Waals surface area contributed by atoms with Crippen molar-refractivity contribution in [3.63, 3.8) is 0 Å². The zero-order chi connectivity index (χ0) is 14.7. The number of hydrogen-bond donors (Lipinski definition) is 2. The van der Waals surface area contributed by atoms with Crippen LogP contribution >= 0.6 is 0 Å². The first-order valence-corrected chi connectivity index (χ1v) is 6.47. The normalized spacial score (nSPS) is 10.7. The van der Waals surface area contributed by atoms with E-state index < -0.39 is 5.91 Å². The van der Waals surface area contributed by atoms with Gasteiger partial charge in [-0.05, 0) is 23.8 Å². The number of carbonyl (C=O) groups excluding carboxylic acids is 1. The molecule has 3 aromatic rings. The van der Waals surface area contributed by atoms with E-state index >= 15 is 0 Å². The number of benzene rings is 2. The van der Waals surface area contributed by atoms with Crippen molar-refractivity contribution >= 4 is 16.8 Å². The fourth-order valence-electron chi connectivity index (χ4n) is 2.05. The van der Waals surface area contributed by atoms with Gasteiger partial charge in [0.25, 0.3) is 5.91 Å². The van der Waals surface area contributed by atoms with E-state index in [1.807, 2.05) is 30.3 Å². The number of amides is 1. The summed E-state index contributed by atoms with van der Waals surface area (Å²) in [7, 11) is 0. The zero-order valence-corrected chi connectivity index (χ0v) is 11.1. The van der Waals surface area contributed by atoms with Crippen molar-refractivity contribution in [2.45, 2.75) is 6.61 Å². The number of H-pyrrole nitrogens is 1. The molecule has 1 aromatic heterocycles. The van der Waals surface area contributed by atoms with Crippen molar-refractivity contribution in [2.75, 3.05) is 0 Å². The number of nitrogens with one attached hydrogen (secondary N) is 2. The van der Waals surface area contributed by atoms with Gasteiger partial charge in [-0.1, -0.05) is 36.4 Å². The summed E-state index contributed by atoms with van der Waals surface area (Å²) in [4.78, 5) is 19.9. The molecule has 2 aromatic carbocycles. The lowest BCUT2D eigenvalue weighted by molar-refractivity contribution is 0.0230. The maximum absolute atomic E-state index is 13.6. The van der Waals surface area contributed by atoms with Crippen LogP contribution in [-0.4, -0.2) is 10.9 Å². The molecular formula is C16H13FN2O2. The summed E-state index contributed by atoms with van der Waals surface area (Å²) in [5, 5.41) is 0.380. The molecule has 0 saturated carbocycles. The van der Waals surface area contributed by atoms with E-state index in [0.29, 0.717) is 10.9 Å². The summed E-state index contributed by atoms with van der Waals surface area (Å²) in [5.41, 5.74) is 4.11. The number of hydrogen-bond acceptors (Lipinski definition) is 2. The van der Waals surface area contributed by atoms with E-state index in [2.05, 4.69) is 10.5 Å². The topological polar surface area (TPSA) is 54.1 Å². The maximum Gasteiger partial charge on any atom is 0.291 e. The molecule has 1 heterocycles. The number of rotatable bonds is 4. The first-order valence-electron chi connectivity index (χ1n) is 6.47. The Morgan fingerprint density at radius 3 is 2.71 bits per heavy atom. The second kappa shape index (κ2) is 5.76. The van der Waals surface area contributed by atoms with Gasteiger partial charge in [0.15, 0.2) is 0 Å². The fourth-order valence-corrected chi connectivity index (χ4v) is 2.05. The SMILES string of the molecule is O=C(NOCc1ccccc1)c1cc2c(F)cccc2[nH]1. The van der Waals surface area contributed by atoms with Gasteiger partial charge in [-0.15, -0.1) is 0 Å². The molecule has 0 fully saturated rings. The first-order chi connectivity index (χ1) is 10.2. The Bertz CT molecular complexity index is 768. The molecule has 0 aliphatic carbocycles. The highest BCUT2D eigenvalue weighted by molar-refractivity contribution is 5.97. The van der Waals surface area contributed by atoms with Gasteiger partial charge in [0, 0.05) is 10.9 Å². The molecule has 3 rings (SSSR count). The average molecular weight is 284 g/mol. The van der Waals surface area contributed by atoms with Crippen LogP contribution in [0.4, 0.5) is 4.39 Å². The number of aromatic nitrogens is 1. The van der Waals surface area contributed by atoms with Gasteiger partial charge in [0.2, 0.25) is 0 Å². The highest BCUT2D eigenvalue weighted by atomic mass is 19.1. The number of hydroxylamine groups is 1. The predicted octanol–water partition coefficient (Wildman–Crippen LogP) is 3.17. The summed E-state index contributed by atoms with van der Waals surface area (Å²) in [6.45, 7) is 0.265. The van der Waals surface area contributed by atoms with E-state index in [4.69, 9.17) is 4.84 Å². The molecule has 0 bridgehead atoms. The molecule has 0 spiro atoms. The minimum absolute atomic E-state index is 0.253. The molecule has 106 valence electrons. The summed E-state index contributed by atoms with van der Waals surface area (Å²) in [6.07, 6.45) is 0. The lowest BCUT2D eigenvalue weighted by Crippen LogP contribution is -2.23. The lowest BCUT2D eigenvalue weighted by atomic mass is 10.2. The Morgan fingerprint density at radius 1 is 1.14 bits per heavy atom. The molecule has 5 heteroatoms. The zero-order valence-electron chi connectivity index (χ0n) is 11.1. The van der Waals surface area contributed by atoms with Crippen LogP contribution in [0.25, 0.3) is 10.9 Å². The van der Waals surface area contributed by atoms with Crippen LogP contribution in [0.2, 0.25) is 0 Å². The van der Waals surface area contributed by atoms with E-state index in [1.54, 1.807) is 12.1 Å². The van der Waals surface area contributed by atoms with Crippen LogP contribution in [0.5, 0.6) is 0 Å². The largest absolute Gasteiger partial charge is 0.350 e. The average Bonchev–Trinajstić information content (AvgIpc) is 2.94. The van der Waals surface area contributed by atoms with Gasteiger partial charge < -0.3 is 4.98 Å². The highest BCUT2D eigenvalue weighted by Crippen LogP contribution is 2.18. The lowest BCUT2D eigenvalue weighted by Gasteiger charge is -2.04. The van der Waals surface area contributed by atoms with Crippen molar-refractivity contribution in [3.8, 4) is 0 Å². The van der Waals surface area contributed by atoms with Gasteiger partial charge in [0.1, 0.15) is 11.5 Å². The van der Waals surface area contributed by atoms with Crippen LogP contribution in [0.3, 0.4) is 0 Å². The Labute approximate surface area is 120 Å². The Kier molecular flexibility index (Phi) is 3.66. The van der Waals surface area contributed by atoms with Gasteiger partial charge in [-0.25, -0.2) is 9.87 Å². The van der Waals surface area contributed by atoms with Crippen LogP contribution in [-0.2, 0) is 11.4 Å². The van der Waals surface area contributed by atoms with Crippen molar-refractivity contribution in [2.24, 2.45) is 0 Å². The molecule has 0 atom stereocenters. The Morgan fingerprint density at radius 2 is 1.95 bits per heavy atom. The van der Waals surface area contributed by atoms with Crippen molar-refractivity contribution in [1.29, 1.82) is 0 Å². The molecule has 21 heavy (non-hydrogen) atoms. The number of carbonyl (C=O) groups is 1. The van der Waals surface area contributed by atoms with Gasteiger partial charge in [0.05, 0.1) is 6.61 Å². The Hall–Kier alpha value is -2.66. The molecule has 0 aliphatic rings. The van der Waals surface area contributed by atoms with Crippen molar-refractivity contribution < 1.29 is 14.0 Å². The second-order valence-corrected chi connectivity index (χ2v) is 4.59. The van der Waals surface area contributed by atoms with Gasteiger partial charge in [-0.2, -0.15) is 0 Å². The minimum Gasteiger partial charge on any atom is -0.350 e. The molecule has 0 unspecified atom stereocenters. The summed E-state index contributed by atoms with van der Waals surface area (Å²) < 4.78 is 13.6. The highest BCUT2D eigenvalue weighted by Gasteiger charge is 2.11. The molecule has 0 saturated heterocycles. The predicted molar refractivity (Wildman–Crippen MR) is 77.0 cm³/mol. The van der Waals surface area contributed by atoms with E-state index in [0.717, 1.165) is 5.56 Å². The smallest absolute Gasteiger partial charge is 0.291 e. The van der Waals surface area contributed by atoms with Crippen LogP contribution in [0, 0.1) is 5.82 Å². The number of aromatic amines is 1. The quantitative estimate of drug-likeness (QED) is 0.723. The van der Waals surface area contributed by atoms with E-state index in [9.17, 15) is 9.18 Å². The third kappa shape index (κ3) is 2.93. The van der Waals surface area contributed by atoms with Crippen molar-refractivity contribution in [1.82, 2.24) is 10.5 Å². The number of fused-ring (bicyclic) bond motifs is 1. The maximum atomic E-state index is 13.6. The summed E-state index contributed by atoms with van der Waals surface area (Å²) in [6, 6.07) is 15.6. The summed E-state index contributed by atoms with van der Waals surface area (Å²) >= 11 is 0.